The van der Waals surface area contributed by atoms with Crippen LogP contribution in [0.3, 0.4) is 0 Å². The minimum Gasteiger partial charge on any atom is -0.469 e. The standard InChI is InChI=1S/C29H33N5O5/c1-18-17-34-26(30-18)21(16-25(35)38-5)15-24(31-34)20-6-7-23-19(14-20)8-13-33(27(23)36)22-9-11-32(12-10-22)28(37)39-29(2,3)4/h6-8,13-15,17,22H,9-12,16H2,1-5H3. The number of hydrogen-bond acceptors (Lipinski definition) is 7. The maximum atomic E-state index is 13.4. The van der Waals surface area contributed by atoms with E-state index in [-0.39, 0.29) is 30.1 Å². The van der Waals surface area contributed by atoms with E-state index >= 15 is 0 Å². The Labute approximate surface area is 226 Å². The summed E-state index contributed by atoms with van der Waals surface area (Å²) in [5, 5.41) is 6.12. The van der Waals surface area contributed by atoms with Crippen molar-refractivity contribution in [3.63, 3.8) is 0 Å². The van der Waals surface area contributed by atoms with Crippen molar-refractivity contribution < 1.29 is 19.1 Å². The SMILES string of the molecule is COC(=O)Cc1cc(-c2ccc3c(=O)n(C4CCN(C(=O)OC(C)(C)C)CC4)ccc3c2)nn2cc(C)nc12. The van der Waals surface area contributed by atoms with Gasteiger partial charge in [0.1, 0.15) is 5.60 Å². The van der Waals surface area contributed by atoms with Crippen molar-refractivity contribution in [3.8, 4) is 11.3 Å². The lowest BCUT2D eigenvalue weighted by Gasteiger charge is -2.34. The van der Waals surface area contributed by atoms with Gasteiger partial charge in [-0.25, -0.2) is 14.3 Å². The molecular formula is C29H33N5O5. The molecule has 5 rings (SSSR count). The van der Waals surface area contributed by atoms with Gasteiger partial charge in [0, 0.05) is 41.8 Å². The number of aromatic nitrogens is 4. The van der Waals surface area contributed by atoms with Crippen molar-refractivity contribution in [1.82, 2.24) is 24.1 Å². The van der Waals surface area contributed by atoms with Gasteiger partial charge in [-0.3, -0.25) is 9.59 Å². The van der Waals surface area contributed by atoms with Crippen LogP contribution < -0.4 is 5.56 Å². The lowest BCUT2D eigenvalue weighted by atomic mass is 10.0. The maximum Gasteiger partial charge on any atom is 0.410 e. The molecule has 10 heteroatoms. The molecule has 4 heterocycles. The number of ether oxygens (including phenoxy) is 2. The monoisotopic (exact) mass is 531 g/mol. The van der Waals surface area contributed by atoms with Gasteiger partial charge < -0.3 is 18.9 Å². The average molecular weight is 532 g/mol. The number of amides is 1. The summed E-state index contributed by atoms with van der Waals surface area (Å²) in [7, 11) is 1.36. The van der Waals surface area contributed by atoms with Crippen molar-refractivity contribution in [3.05, 3.63) is 64.3 Å². The molecule has 1 fully saturated rings. The molecule has 4 aromatic rings. The number of carbonyl (C=O) groups excluding carboxylic acids is 2. The summed E-state index contributed by atoms with van der Waals surface area (Å²) in [5.41, 5.74) is 3.01. The number of likely N-dealkylation sites (tertiary alicyclic amines) is 1. The molecule has 0 bridgehead atoms. The van der Waals surface area contributed by atoms with E-state index in [9.17, 15) is 14.4 Å². The Bertz CT molecular complexity index is 1620. The molecule has 1 aliphatic rings. The zero-order valence-electron chi connectivity index (χ0n) is 22.9. The number of fused-ring (bicyclic) bond motifs is 2. The van der Waals surface area contributed by atoms with Crippen molar-refractivity contribution >= 4 is 28.5 Å². The fourth-order valence-electron chi connectivity index (χ4n) is 5.02. The second-order valence-electron chi connectivity index (χ2n) is 11.0. The van der Waals surface area contributed by atoms with E-state index in [1.54, 1.807) is 14.0 Å². The topological polar surface area (TPSA) is 108 Å². The van der Waals surface area contributed by atoms with Crippen molar-refractivity contribution in [2.45, 2.75) is 58.6 Å². The van der Waals surface area contributed by atoms with Crippen LogP contribution in [0.1, 0.15) is 50.9 Å². The normalized spacial score (nSPS) is 14.6. The van der Waals surface area contributed by atoms with Crippen LogP contribution in [0.5, 0.6) is 0 Å². The molecule has 1 aromatic carbocycles. The first kappa shape index (κ1) is 26.4. The minimum absolute atomic E-state index is 0.00898. The van der Waals surface area contributed by atoms with E-state index in [1.165, 1.54) is 7.11 Å². The molecule has 0 aliphatic carbocycles. The number of imidazole rings is 1. The molecule has 0 saturated carbocycles. The molecular weight excluding hydrogens is 498 g/mol. The molecule has 1 aliphatic heterocycles. The Hall–Kier alpha value is -4.21. The summed E-state index contributed by atoms with van der Waals surface area (Å²) >= 11 is 0. The molecule has 10 nitrogen and oxygen atoms in total. The number of nitrogens with zero attached hydrogens (tertiary/aromatic N) is 5. The quantitative estimate of drug-likeness (QED) is 0.361. The van der Waals surface area contributed by atoms with E-state index < -0.39 is 5.60 Å². The minimum atomic E-state index is -0.538. The predicted molar refractivity (Wildman–Crippen MR) is 147 cm³/mol. The molecule has 0 radical (unpaired) electrons. The summed E-state index contributed by atoms with van der Waals surface area (Å²) in [5.74, 6) is -0.356. The van der Waals surface area contributed by atoms with Gasteiger partial charge in [0.2, 0.25) is 0 Å². The Morgan fingerprint density at radius 1 is 1.10 bits per heavy atom. The fraction of sp³-hybridized carbons (Fsp3) is 0.414. The van der Waals surface area contributed by atoms with Crippen LogP contribution in [0.25, 0.3) is 27.7 Å². The van der Waals surface area contributed by atoms with Crippen LogP contribution in [0.2, 0.25) is 0 Å². The number of esters is 1. The molecule has 3 aromatic heterocycles. The first-order chi connectivity index (χ1) is 18.5. The fourth-order valence-corrected chi connectivity index (χ4v) is 5.02. The van der Waals surface area contributed by atoms with Crippen LogP contribution in [0.4, 0.5) is 4.79 Å². The first-order valence-corrected chi connectivity index (χ1v) is 13.1. The highest BCUT2D eigenvalue weighted by Gasteiger charge is 2.28. The first-order valence-electron chi connectivity index (χ1n) is 13.1. The molecule has 1 amide bonds. The molecule has 1 saturated heterocycles. The number of hydrogen-bond donors (Lipinski definition) is 0. The lowest BCUT2D eigenvalue weighted by molar-refractivity contribution is -0.139. The molecule has 204 valence electrons. The van der Waals surface area contributed by atoms with E-state index in [0.717, 1.165) is 16.6 Å². The number of rotatable bonds is 4. The summed E-state index contributed by atoms with van der Waals surface area (Å²) in [6, 6.07) is 9.43. The average Bonchev–Trinajstić information content (AvgIpc) is 3.28. The van der Waals surface area contributed by atoms with Crippen molar-refractivity contribution in [2.75, 3.05) is 20.2 Å². The van der Waals surface area contributed by atoms with Gasteiger partial charge in [-0.1, -0.05) is 6.07 Å². The Morgan fingerprint density at radius 2 is 1.85 bits per heavy atom. The Kier molecular flexibility index (Phi) is 6.88. The number of pyridine rings is 1. The predicted octanol–water partition coefficient (Wildman–Crippen LogP) is 4.31. The highest BCUT2D eigenvalue weighted by Crippen LogP contribution is 2.27. The second kappa shape index (κ2) is 10.2. The van der Waals surface area contributed by atoms with E-state index in [4.69, 9.17) is 14.6 Å². The molecule has 0 unspecified atom stereocenters. The maximum absolute atomic E-state index is 13.4. The van der Waals surface area contributed by atoms with Gasteiger partial charge in [0.15, 0.2) is 5.65 Å². The lowest BCUT2D eigenvalue weighted by Crippen LogP contribution is -2.43. The highest BCUT2D eigenvalue weighted by molar-refractivity contribution is 5.86. The van der Waals surface area contributed by atoms with E-state index in [0.29, 0.717) is 48.2 Å². The van der Waals surface area contributed by atoms with Gasteiger partial charge in [0.05, 0.1) is 31.1 Å². The van der Waals surface area contributed by atoms with Gasteiger partial charge in [-0.05, 0) is 70.2 Å². The third-order valence-electron chi connectivity index (χ3n) is 6.92. The Morgan fingerprint density at radius 3 is 2.54 bits per heavy atom. The van der Waals surface area contributed by atoms with Crippen LogP contribution in [-0.4, -0.2) is 61.9 Å². The molecule has 0 N–H and O–H groups in total. The molecule has 39 heavy (non-hydrogen) atoms. The molecule has 0 atom stereocenters. The zero-order chi connectivity index (χ0) is 27.9. The van der Waals surface area contributed by atoms with Crippen LogP contribution >= 0.6 is 0 Å². The van der Waals surface area contributed by atoms with Gasteiger partial charge >= 0.3 is 12.1 Å². The van der Waals surface area contributed by atoms with Crippen molar-refractivity contribution in [1.29, 1.82) is 0 Å². The Balaban J connectivity index is 1.41. The van der Waals surface area contributed by atoms with Crippen molar-refractivity contribution in [2.24, 2.45) is 0 Å². The zero-order valence-corrected chi connectivity index (χ0v) is 22.9. The summed E-state index contributed by atoms with van der Waals surface area (Å²) < 4.78 is 13.8. The summed E-state index contributed by atoms with van der Waals surface area (Å²) in [4.78, 5) is 44.1. The van der Waals surface area contributed by atoms with Crippen LogP contribution in [-0.2, 0) is 20.7 Å². The third-order valence-corrected chi connectivity index (χ3v) is 6.92. The number of methoxy groups -OCH3 is 1. The number of piperidine rings is 1. The third kappa shape index (κ3) is 5.50. The van der Waals surface area contributed by atoms with E-state index in [1.807, 2.05) is 70.4 Å². The van der Waals surface area contributed by atoms with Gasteiger partial charge in [0.25, 0.3) is 5.56 Å². The van der Waals surface area contributed by atoms with E-state index in [2.05, 4.69) is 4.98 Å². The smallest absolute Gasteiger partial charge is 0.410 e. The number of benzene rings is 1. The largest absolute Gasteiger partial charge is 0.469 e. The van der Waals surface area contributed by atoms with Gasteiger partial charge in [-0.15, -0.1) is 0 Å². The highest BCUT2D eigenvalue weighted by atomic mass is 16.6. The second-order valence-corrected chi connectivity index (χ2v) is 11.0. The summed E-state index contributed by atoms with van der Waals surface area (Å²) in [6.45, 7) is 8.51. The van der Waals surface area contributed by atoms with Crippen LogP contribution in [0, 0.1) is 6.92 Å². The summed E-state index contributed by atoms with van der Waals surface area (Å²) in [6.07, 6.45) is 4.78. The van der Waals surface area contributed by atoms with Crippen LogP contribution in [0.15, 0.2) is 47.5 Å². The molecule has 0 spiro atoms. The number of carbonyl (C=O) groups is 2. The van der Waals surface area contributed by atoms with Gasteiger partial charge in [-0.2, -0.15) is 5.10 Å². The number of aryl methyl sites for hydroxylation is 1.